The van der Waals surface area contributed by atoms with Crippen molar-refractivity contribution in [1.29, 1.82) is 0 Å². The molecule has 144 valence electrons. The maximum Gasteiger partial charge on any atom is 0.338 e. The summed E-state index contributed by atoms with van der Waals surface area (Å²) in [4.78, 5) is 25.6. The van der Waals surface area contributed by atoms with Gasteiger partial charge in [-0.1, -0.05) is 35.5 Å². The van der Waals surface area contributed by atoms with E-state index in [1.165, 1.54) is 28.9 Å². The normalized spacial score (nSPS) is 11.9. The zero-order chi connectivity index (χ0) is 20.2. The number of rotatable bonds is 6. The van der Waals surface area contributed by atoms with Gasteiger partial charge in [-0.05, 0) is 48.5 Å². The minimum Gasteiger partial charge on any atom is -0.448 e. The van der Waals surface area contributed by atoms with Crippen LogP contribution in [0.2, 0.25) is 0 Å². The number of benzene rings is 3. The van der Waals surface area contributed by atoms with Crippen LogP contribution in [-0.2, 0) is 11.3 Å². The highest BCUT2D eigenvalue weighted by molar-refractivity contribution is 6.01. The molecule has 29 heavy (non-hydrogen) atoms. The van der Waals surface area contributed by atoms with E-state index in [0.717, 1.165) is 0 Å². The van der Waals surface area contributed by atoms with Crippen LogP contribution in [0.25, 0.3) is 11.0 Å². The third-order valence-corrected chi connectivity index (χ3v) is 4.44. The molecule has 4 rings (SSSR count). The lowest BCUT2D eigenvalue weighted by Gasteiger charge is -2.17. The molecule has 1 heterocycles. The Morgan fingerprint density at radius 3 is 2.34 bits per heavy atom. The topological polar surface area (TPSA) is 74.1 Å². The third kappa shape index (κ3) is 4.03. The van der Waals surface area contributed by atoms with E-state index in [1.54, 1.807) is 36.4 Å². The van der Waals surface area contributed by atoms with Crippen LogP contribution in [-0.4, -0.2) is 32.9 Å². The third-order valence-electron chi connectivity index (χ3n) is 4.44. The Morgan fingerprint density at radius 2 is 1.59 bits per heavy atom. The minimum atomic E-state index is -1.15. The number of carbonyl (C=O) groups is 2. The zero-order valence-electron chi connectivity index (χ0n) is 15.2. The van der Waals surface area contributed by atoms with Crippen molar-refractivity contribution in [1.82, 2.24) is 15.0 Å². The van der Waals surface area contributed by atoms with Crippen LogP contribution < -0.4 is 0 Å². The summed E-state index contributed by atoms with van der Waals surface area (Å²) in [6, 6.07) is 20.8. The number of para-hydroxylation sites is 1. The zero-order valence-corrected chi connectivity index (χ0v) is 15.2. The first kappa shape index (κ1) is 18.5. The van der Waals surface area contributed by atoms with E-state index < -0.39 is 23.7 Å². The molecule has 3 aromatic carbocycles. The fourth-order valence-corrected chi connectivity index (χ4v) is 2.95. The van der Waals surface area contributed by atoms with Gasteiger partial charge < -0.3 is 4.74 Å². The fourth-order valence-electron chi connectivity index (χ4n) is 2.95. The van der Waals surface area contributed by atoms with Crippen molar-refractivity contribution in [3.63, 3.8) is 0 Å². The van der Waals surface area contributed by atoms with E-state index >= 15 is 0 Å². The van der Waals surface area contributed by atoms with Crippen molar-refractivity contribution in [2.24, 2.45) is 0 Å². The Bertz CT molecular complexity index is 1160. The number of Topliss-reactive ketones (excluding diaryl/α,β-unsaturated/α-hetero) is 1. The lowest BCUT2D eigenvalue weighted by atomic mass is 10.1. The number of carbonyl (C=O) groups excluding carboxylic acids is 2. The van der Waals surface area contributed by atoms with E-state index in [2.05, 4.69) is 10.3 Å². The summed E-state index contributed by atoms with van der Waals surface area (Å²) < 4.78 is 20.3. The van der Waals surface area contributed by atoms with E-state index in [4.69, 9.17) is 4.74 Å². The van der Waals surface area contributed by atoms with Crippen molar-refractivity contribution < 1.29 is 18.7 Å². The number of hydrogen-bond donors (Lipinski definition) is 0. The summed E-state index contributed by atoms with van der Waals surface area (Å²) in [6.07, 6.45) is -1.15. The maximum absolute atomic E-state index is 13.2. The molecule has 0 aliphatic rings. The molecule has 0 spiro atoms. The predicted octanol–water partition coefficient (Wildman–Crippen LogP) is 3.68. The molecular weight excluding hydrogens is 373 g/mol. The number of aromatic nitrogens is 3. The highest BCUT2D eigenvalue weighted by Crippen LogP contribution is 2.16. The highest BCUT2D eigenvalue weighted by Gasteiger charge is 2.26. The van der Waals surface area contributed by atoms with Gasteiger partial charge in [-0.25, -0.2) is 13.9 Å². The molecule has 0 amide bonds. The largest absolute Gasteiger partial charge is 0.448 e. The number of fused-ring (bicyclic) bond motifs is 1. The van der Waals surface area contributed by atoms with E-state index in [1.807, 2.05) is 18.2 Å². The average molecular weight is 389 g/mol. The molecule has 6 nitrogen and oxygen atoms in total. The molecule has 0 fully saturated rings. The van der Waals surface area contributed by atoms with Gasteiger partial charge in [0.2, 0.25) is 5.78 Å². The molecule has 7 heteroatoms. The van der Waals surface area contributed by atoms with Crippen molar-refractivity contribution in [2.75, 3.05) is 0 Å². The van der Waals surface area contributed by atoms with Crippen LogP contribution in [0.5, 0.6) is 0 Å². The minimum absolute atomic E-state index is 0.0186. The van der Waals surface area contributed by atoms with Crippen molar-refractivity contribution in [2.45, 2.75) is 12.6 Å². The van der Waals surface area contributed by atoms with Crippen LogP contribution in [0.3, 0.4) is 0 Å². The molecule has 1 atom stereocenters. The number of hydrogen-bond acceptors (Lipinski definition) is 5. The summed E-state index contributed by atoms with van der Waals surface area (Å²) in [5.41, 5.74) is 1.93. The van der Waals surface area contributed by atoms with Gasteiger partial charge in [0.05, 0.1) is 17.6 Å². The predicted molar refractivity (Wildman–Crippen MR) is 104 cm³/mol. The number of esters is 1. The molecule has 4 aromatic rings. The van der Waals surface area contributed by atoms with Gasteiger partial charge in [-0.15, -0.1) is 5.10 Å². The van der Waals surface area contributed by atoms with Gasteiger partial charge in [0, 0.05) is 5.56 Å². The molecule has 0 aliphatic heterocycles. The molecule has 1 aromatic heterocycles. The average Bonchev–Trinajstić information content (AvgIpc) is 3.17. The number of halogens is 1. The van der Waals surface area contributed by atoms with E-state index in [0.29, 0.717) is 16.6 Å². The van der Waals surface area contributed by atoms with Gasteiger partial charge in [0.1, 0.15) is 11.3 Å². The van der Waals surface area contributed by atoms with Crippen molar-refractivity contribution in [3.8, 4) is 0 Å². The summed E-state index contributed by atoms with van der Waals surface area (Å²) in [5, 5.41) is 8.13. The van der Waals surface area contributed by atoms with Crippen LogP contribution in [0, 0.1) is 5.82 Å². The first-order valence-electron chi connectivity index (χ1n) is 8.96. The smallest absolute Gasteiger partial charge is 0.338 e. The molecule has 0 saturated heterocycles. The molecule has 0 aliphatic carbocycles. The van der Waals surface area contributed by atoms with Crippen LogP contribution in [0.4, 0.5) is 4.39 Å². The van der Waals surface area contributed by atoms with Crippen LogP contribution in [0.1, 0.15) is 20.7 Å². The molecule has 0 bridgehead atoms. The quantitative estimate of drug-likeness (QED) is 0.372. The first-order chi connectivity index (χ1) is 14.1. The second-order valence-electron chi connectivity index (χ2n) is 6.39. The van der Waals surface area contributed by atoms with Crippen molar-refractivity contribution >= 4 is 22.8 Å². The Balaban J connectivity index is 1.65. The fraction of sp³-hybridized carbons (Fsp3) is 0.0909. The van der Waals surface area contributed by atoms with Crippen LogP contribution >= 0.6 is 0 Å². The maximum atomic E-state index is 13.2. The van der Waals surface area contributed by atoms with Gasteiger partial charge in [-0.2, -0.15) is 0 Å². The molecule has 0 unspecified atom stereocenters. The Hall–Kier alpha value is -3.87. The Morgan fingerprint density at radius 1 is 0.897 bits per heavy atom. The van der Waals surface area contributed by atoms with Gasteiger partial charge in [0.15, 0.2) is 6.10 Å². The summed E-state index contributed by atoms with van der Waals surface area (Å²) in [7, 11) is 0. The summed E-state index contributed by atoms with van der Waals surface area (Å²) in [6.45, 7) is -0.0186. The molecule has 0 radical (unpaired) electrons. The summed E-state index contributed by atoms with van der Waals surface area (Å²) in [5.74, 6) is -1.54. The Labute approximate surface area is 165 Å². The number of ether oxygens (including phenoxy) is 1. The summed E-state index contributed by atoms with van der Waals surface area (Å²) >= 11 is 0. The molecule has 0 saturated carbocycles. The lowest BCUT2D eigenvalue weighted by molar-refractivity contribution is 0.0244. The van der Waals surface area contributed by atoms with Gasteiger partial charge >= 0.3 is 5.97 Å². The molecular formula is C22H16FN3O3. The molecule has 0 N–H and O–H groups in total. The second kappa shape index (κ2) is 8.02. The van der Waals surface area contributed by atoms with Crippen LogP contribution in [0.15, 0.2) is 78.9 Å². The monoisotopic (exact) mass is 389 g/mol. The highest BCUT2D eigenvalue weighted by atomic mass is 19.1. The Kier molecular flexibility index (Phi) is 5.11. The number of ketones is 1. The second-order valence-corrected chi connectivity index (χ2v) is 6.39. The number of nitrogens with zero attached hydrogens (tertiary/aromatic N) is 3. The van der Waals surface area contributed by atoms with E-state index in [-0.39, 0.29) is 12.1 Å². The van der Waals surface area contributed by atoms with Crippen molar-refractivity contribution in [3.05, 3.63) is 95.8 Å². The van der Waals surface area contributed by atoms with E-state index in [9.17, 15) is 14.0 Å². The van der Waals surface area contributed by atoms with Gasteiger partial charge in [-0.3, -0.25) is 4.79 Å². The first-order valence-corrected chi connectivity index (χ1v) is 8.96. The standard InChI is InChI=1S/C22H16FN3O3/c23-17-12-10-15(11-13-17)21(27)20(29-22(28)16-6-2-1-3-7-16)14-26-19-9-5-4-8-18(19)24-25-26/h1-13,20H,14H2/t20-/m1/s1. The van der Waals surface area contributed by atoms with Gasteiger partial charge in [0.25, 0.3) is 0 Å². The SMILES string of the molecule is O=C(O[C@H](Cn1nnc2ccccc21)C(=O)c1ccc(F)cc1)c1ccccc1. The lowest BCUT2D eigenvalue weighted by Crippen LogP contribution is -2.32.